The van der Waals surface area contributed by atoms with E-state index in [4.69, 9.17) is 9.47 Å². The van der Waals surface area contributed by atoms with E-state index in [2.05, 4.69) is 14.9 Å². The summed E-state index contributed by atoms with van der Waals surface area (Å²) in [7, 11) is 0. The van der Waals surface area contributed by atoms with Crippen LogP contribution in [0.2, 0.25) is 0 Å². The molecule has 6 nitrogen and oxygen atoms in total. The molecule has 1 aromatic heterocycles. The molecule has 0 spiro atoms. The third kappa shape index (κ3) is 4.74. The lowest BCUT2D eigenvalue weighted by atomic mass is 10.1. The highest BCUT2D eigenvalue weighted by Crippen LogP contribution is 2.18. The molecule has 1 saturated heterocycles. The minimum Gasteiger partial charge on any atom is -0.490 e. The van der Waals surface area contributed by atoms with Crippen molar-refractivity contribution in [2.24, 2.45) is 0 Å². The standard InChI is InChI=1S/C18H23N3O3/c1-15-2-4-17(5-3-15)24-14-18(22)12-21(8-9-23-13-18)11-16-10-19-6-7-20-16/h2-7,10,22H,8-9,11-14H2,1H3/t18-/m0/s1. The summed E-state index contributed by atoms with van der Waals surface area (Å²) in [5.74, 6) is 0.749. The molecule has 0 radical (unpaired) electrons. The molecule has 0 bridgehead atoms. The summed E-state index contributed by atoms with van der Waals surface area (Å²) in [4.78, 5) is 10.5. The minimum absolute atomic E-state index is 0.188. The maximum atomic E-state index is 10.9. The van der Waals surface area contributed by atoms with E-state index in [1.54, 1.807) is 18.6 Å². The molecule has 0 amide bonds. The molecule has 6 heteroatoms. The first-order valence-corrected chi connectivity index (χ1v) is 8.10. The van der Waals surface area contributed by atoms with Crippen LogP contribution in [0.5, 0.6) is 5.75 Å². The quantitative estimate of drug-likeness (QED) is 0.895. The van der Waals surface area contributed by atoms with Gasteiger partial charge in [0, 0.05) is 38.2 Å². The molecule has 1 atom stereocenters. The van der Waals surface area contributed by atoms with Crippen molar-refractivity contribution >= 4 is 0 Å². The molecule has 0 unspecified atom stereocenters. The van der Waals surface area contributed by atoms with E-state index in [1.165, 1.54) is 5.56 Å². The molecule has 1 aliphatic rings. The minimum atomic E-state index is -1.05. The van der Waals surface area contributed by atoms with Crippen molar-refractivity contribution in [2.45, 2.75) is 19.1 Å². The van der Waals surface area contributed by atoms with Crippen molar-refractivity contribution in [3.05, 3.63) is 54.1 Å². The van der Waals surface area contributed by atoms with Crippen molar-refractivity contribution in [2.75, 3.05) is 32.9 Å². The molecule has 1 fully saturated rings. The zero-order valence-electron chi connectivity index (χ0n) is 13.9. The summed E-state index contributed by atoms with van der Waals surface area (Å²) >= 11 is 0. The Morgan fingerprint density at radius 1 is 1.29 bits per heavy atom. The highest BCUT2D eigenvalue weighted by atomic mass is 16.5. The second-order valence-electron chi connectivity index (χ2n) is 6.29. The highest BCUT2D eigenvalue weighted by Gasteiger charge is 2.33. The lowest BCUT2D eigenvalue weighted by Crippen LogP contribution is -2.48. The molecular weight excluding hydrogens is 306 g/mol. The van der Waals surface area contributed by atoms with Gasteiger partial charge >= 0.3 is 0 Å². The van der Waals surface area contributed by atoms with Crippen LogP contribution in [0.25, 0.3) is 0 Å². The Bertz CT molecular complexity index is 636. The molecule has 0 aliphatic carbocycles. The lowest BCUT2D eigenvalue weighted by Gasteiger charge is -2.30. The summed E-state index contributed by atoms with van der Waals surface area (Å²) in [6.45, 7) is 4.89. The number of benzene rings is 1. The Hall–Kier alpha value is -2.02. The number of rotatable bonds is 5. The van der Waals surface area contributed by atoms with Crippen LogP contribution in [-0.4, -0.2) is 58.5 Å². The predicted octanol–water partition coefficient (Wildman–Crippen LogP) is 1.43. The van der Waals surface area contributed by atoms with Gasteiger partial charge in [0.15, 0.2) is 0 Å². The molecule has 1 N–H and O–H groups in total. The second kappa shape index (κ2) is 7.70. The van der Waals surface area contributed by atoms with E-state index in [-0.39, 0.29) is 13.2 Å². The first kappa shape index (κ1) is 16.8. The van der Waals surface area contributed by atoms with Crippen LogP contribution in [0.3, 0.4) is 0 Å². The van der Waals surface area contributed by atoms with Crippen molar-refractivity contribution < 1.29 is 14.6 Å². The van der Waals surface area contributed by atoms with E-state index >= 15 is 0 Å². The fourth-order valence-electron chi connectivity index (χ4n) is 2.71. The fourth-order valence-corrected chi connectivity index (χ4v) is 2.71. The first-order valence-electron chi connectivity index (χ1n) is 8.10. The van der Waals surface area contributed by atoms with Crippen LogP contribution in [0.15, 0.2) is 42.9 Å². The normalized spacial score (nSPS) is 22.1. The zero-order chi connectivity index (χ0) is 16.8. The summed E-state index contributed by atoms with van der Waals surface area (Å²) in [5.41, 5.74) is 0.999. The largest absolute Gasteiger partial charge is 0.490 e. The second-order valence-corrected chi connectivity index (χ2v) is 6.29. The average molecular weight is 329 g/mol. The van der Waals surface area contributed by atoms with Gasteiger partial charge in [-0.25, -0.2) is 0 Å². The molecule has 128 valence electrons. The van der Waals surface area contributed by atoms with Crippen LogP contribution in [-0.2, 0) is 11.3 Å². The number of β-amino-alcohol motifs (C(OH)–C–C–N with tert-alkyl or cyclic N) is 1. The van der Waals surface area contributed by atoms with Crippen molar-refractivity contribution in [3.63, 3.8) is 0 Å². The van der Waals surface area contributed by atoms with Gasteiger partial charge in [-0.2, -0.15) is 0 Å². The lowest BCUT2D eigenvalue weighted by molar-refractivity contribution is -0.0647. The van der Waals surface area contributed by atoms with Gasteiger partial charge in [-0.15, -0.1) is 0 Å². The van der Waals surface area contributed by atoms with Crippen molar-refractivity contribution in [1.29, 1.82) is 0 Å². The molecule has 1 aliphatic heterocycles. The van der Waals surface area contributed by atoms with Gasteiger partial charge in [0.2, 0.25) is 0 Å². The molecule has 3 rings (SSSR count). The van der Waals surface area contributed by atoms with Crippen LogP contribution < -0.4 is 4.74 Å². The Morgan fingerprint density at radius 3 is 2.88 bits per heavy atom. The van der Waals surface area contributed by atoms with Gasteiger partial charge in [-0.1, -0.05) is 17.7 Å². The molecule has 0 saturated carbocycles. The van der Waals surface area contributed by atoms with Crippen molar-refractivity contribution in [3.8, 4) is 5.75 Å². The average Bonchev–Trinajstić information content (AvgIpc) is 2.77. The highest BCUT2D eigenvalue weighted by molar-refractivity contribution is 5.26. The molecule has 2 aromatic rings. The van der Waals surface area contributed by atoms with E-state index in [1.807, 2.05) is 31.2 Å². The van der Waals surface area contributed by atoms with Crippen LogP contribution in [0.4, 0.5) is 0 Å². The topological polar surface area (TPSA) is 67.7 Å². The summed E-state index contributed by atoms with van der Waals surface area (Å²) in [6, 6.07) is 7.80. The van der Waals surface area contributed by atoms with Crippen LogP contribution in [0.1, 0.15) is 11.3 Å². The predicted molar refractivity (Wildman–Crippen MR) is 89.8 cm³/mol. The number of aromatic nitrogens is 2. The monoisotopic (exact) mass is 329 g/mol. The van der Waals surface area contributed by atoms with Gasteiger partial charge in [-0.05, 0) is 19.1 Å². The SMILES string of the molecule is Cc1ccc(OC[C@@]2(O)COCCN(Cc3cnccn3)C2)cc1. The Balaban J connectivity index is 1.61. The zero-order valence-corrected chi connectivity index (χ0v) is 13.9. The number of aliphatic hydroxyl groups is 1. The number of ether oxygens (including phenoxy) is 2. The number of hydrogen-bond acceptors (Lipinski definition) is 6. The Morgan fingerprint density at radius 2 is 2.12 bits per heavy atom. The molecular formula is C18H23N3O3. The number of nitrogens with zero attached hydrogens (tertiary/aromatic N) is 3. The Labute approximate surface area is 142 Å². The molecule has 24 heavy (non-hydrogen) atoms. The summed E-state index contributed by atoms with van der Waals surface area (Å²) < 4.78 is 11.4. The summed E-state index contributed by atoms with van der Waals surface area (Å²) in [6.07, 6.45) is 5.07. The van der Waals surface area contributed by atoms with Crippen LogP contribution >= 0.6 is 0 Å². The van der Waals surface area contributed by atoms with E-state index < -0.39 is 5.60 Å². The number of aryl methyl sites for hydroxylation is 1. The van der Waals surface area contributed by atoms with E-state index in [0.29, 0.717) is 19.7 Å². The third-order valence-corrected chi connectivity index (χ3v) is 3.97. The maximum absolute atomic E-state index is 10.9. The van der Waals surface area contributed by atoms with E-state index in [0.717, 1.165) is 18.0 Å². The first-order chi connectivity index (χ1) is 11.6. The van der Waals surface area contributed by atoms with Crippen molar-refractivity contribution in [1.82, 2.24) is 14.9 Å². The number of hydrogen-bond donors (Lipinski definition) is 1. The maximum Gasteiger partial charge on any atom is 0.134 e. The van der Waals surface area contributed by atoms with Crippen LogP contribution in [0, 0.1) is 6.92 Å². The smallest absolute Gasteiger partial charge is 0.134 e. The van der Waals surface area contributed by atoms with Gasteiger partial charge in [-0.3, -0.25) is 14.9 Å². The molecule has 2 heterocycles. The summed E-state index contributed by atoms with van der Waals surface area (Å²) in [5, 5.41) is 10.9. The van der Waals surface area contributed by atoms with Gasteiger partial charge in [0.05, 0.1) is 18.9 Å². The van der Waals surface area contributed by atoms with Gasteiger partial charge in [0.25, 0.3) is 0 Å². The fraction of sp³-hybridized carbons (Fsp3) is 0.444. The van der Waals surface area contributed by atoms with Gasteiger partial charge < -0.3 is 14.6 Å². The van der Waals surface area contributed by atoms with E-state index in [9.17, 15) is 5.11 Å². The molecule has 1 aromatic carbocycles. The third-order valence-electron chi connectivity index (χ3n) is 3.97. The Kier molecular flexibility index (Phi) is 5.40. The van der Waals surface area contributed by atoms with Gasteiger partial charge in [0.1, 0.15) is 18.0 Å².